The van der Waals surface area contributed by atoms with Crippen molar-refractivity contribution in [2.75, 3.05) is 0 Å². The van der Waals surface area contributed by atoms with Crippen molar-refractivity contribution in [2.45, 2.75) is 18.9 Å². The molecule has 2 heterocycles. The highest BCUT2D eigenvalue weighted by Crippen LogP contribution is 2.41. The van der Waals surface area contributed by atoms with Crippen LogP contribution in [-0.2, 0) is 18.9 Å². The van der Waals surface area contributed by atoms with E-state index in [4.69, 9.17) is 11.1 Å². The number of nitrogens with zero attached hydrogens (tertiary/aromatic N) is 4. The molecule has 4 rings (SSSR count). The molecule has 5 nitrogen and oxygen atoms in total. The number of aromatic nitrogens is 3. The summed E-state index contributed by atoms with van der Waals surface area (Å²) in [5.41, 5.74) is -3.01. The van der Waals surface area contributed by atoms with Crippen molar-refractivity contribution in [3.8, 4) is 11.5 Å². The highest BCUT2D eigenvalue weighted by atomic mass is 19.4. The lowest BCUT2D eigenvalue weighted by molar-refractivity contribution is -0.138. The molecule has 4 aromatic rings. The molecule has 0 aliphatic carbocycles. The summed E-state index contributed by atoms with van der Waals surface area (Å²) in [6.45, 7) is 6.79. The third-order valence-corrected chi connectivity index (χ3v) is 4.59. The first-order valence-corrected chi connectivity index (χ1v) is 8.74. The van der Waals surface area contributed by atoms with Crippen molar-refractivity contribution >= 4 is 16.6 Å². The fourth-order valence-electron chi connectivity index (χ4n) is 3.25. The van der Waals surface area contributed by atoms with Gasteiger partial charge in [0.25, 0.3) is 5.89 Å². The lowest BCUT2D eigenvalue weighted by Gasteiger charge is -2.11. The van der Waals surface area contributed by atoms with Gasteiger partial charge in [-0.25, -0.2) is 9.24 Å². The minimum Gasteiger partial charge on any atom is -0.340 e. The standard InChI is InChI=1S/C20H9F7N4O/c1-28-14-2-3-15-13(17(14)20(25,26)27)4-5-31(15)9-16-29-18(32-30-16)10-6-11(19(22,23)24)8-12(21)7-10/h2-8H,9H2. The molecule has 0 spiro atoms. The van der Waals surface area contributed by atoms with E-state index < -0.39 is 35.0 Å². The Hall–Kier alpha value is -3.88. The average Bonchev–Trinajstić information content (AvgIpc) is 3.33. The second-order valence-corrected chi connectivity index (χ2v) is 6.69. The molecule has 0 amide bonds. The summed E-state index contributed by atoms with van der Waals surface area (Å²) in [6.07, 6.45) is -8.21. The van der Waals surface area contributed by atoms with E-state index >= 15 is 0 Å². The Kier molecular flexibility index (Phi) is 4.92. The summed E-state index contributed by atoms with van der Waals surface area (Å²) in [7, 11) is 0. The molecule has 164 valence electrons. The predicted molar refractivity (Wildman–Crippen MR) is 97.0 cm³/mol. The van der Waals surface area contributed by atoms with E-state index in [2.05, 4.69) is 15.0 Å². The van der Waals surface area contributed by atoms with Crippen LogP contribution in [-0.4, -0.2) is 14.7 Å². The Morgan fingerprint density at radius 2 is 1.75 bits per heavy atom. The maximum absolute atomic E-state index is 13.6. The van der Waals surface area contributed by atoms with Crippen LogP contribution in [0, 0.1) is 12.4 Å². The van der Waals surface area contributed by atoms with Crippen LogP contribution in [0.5, 0.6) is 0 Å². The van der Waals surface area contributed by atoms with E-state index in [1.54, 1.807) is 0 Å². The lowest BCUT2D eigenvalue weighted by atomic mass is 10.1. The summed E-state index contributed by atoms with van der Waals surface area (Å²) in [5.74, 6) is -1.59. The second kappa shape index (κ2) is 7.37. The molecule has 0 aliphatic heterocycles. The van der Waals surface area contributed by atoms with Crippen LogP contribution in [0.15, 0.2) is 47.1 Å². The highest BCUT2D eigenvalue weighted by molar-refractivity contribution is 5.89. The van der Waals surface area contributed by atoms with E-state index in [9.17, 15) is 30.7 Å². The van der Waals surface area contributed by atoms with Gasteiger partial charge in [-0.15, -0.1) is 0 Å². The zero-order valence-corrected chi connectivity index (χ0v) is 15.6. The molecule has 0 aliphatic rings. The number of hydrogen-bond donors (Lipinski definition) is 0. The number of rotatable bonds is 3. The van der Waals surface area contributed by atoms with Crippen LogP contribution in [0.3, 0.4) is 0 Å². The summed E-state index contributed by atoms with van der Waals surface area (Å²) >= 11 is 0. The first-order chi connectivity index (χ1) is 15.0. The monoisotopic (exact) mass is 454 g/mol. The zero-order valence-electron chi connectivity index (χ0n) is 15.6. The fraction of sp³-hybridized carbons (Fsp3) is 0.150. The summed E-state index contributed by atoms with van der Waals surface area (Å²) in [6, 6.07) is 5.33. The van der Waals surface area contributed by atoms with Gasteiger partial charge in [0, 0.05) is 22.7 Å². The first kappa shape index (κ1) is 21.4. The zero-order chi connectivity index (χ0) is 23.3. The van der Waals surface area contributed by atoms with Gasteiger partial charge in [-0.2, -0.15) is 31.3 Å². The van der Waals surface area contributed by atoms with E-state index in [1.165, 1.54) is 22.9 Å². The normalized spacial score (nSPS) is 12.3. The quantitative estimate of drug-likeness (QED) is 0.264. The molecule has 12 heteroatoms. The van der Waals surface area contributed by atoms with Crippen molar-refractivity contribution in [3.05, 3.63) is 76.8 Å². The molecule has 0 atom stereocenters. The van der Waals surface area contributed by atoms with Crippen molar-refractivity contribution < 1.29 is 35.3 Å². The Morgan fingerprint density at radius 3 is 2.41 bits per heavy atom. The van der Waals surface area contributed by atoms with E-state index in [0.29, 0.717) is 12.1 Å². The van der Waals surface area contributed by atoms with Gasteiger partial charge < -0.3 is 9.09 Å². The molecule has 0 N–H and O–H groups in total. The van der Waals surface area contributed by atoms with Gasteiger partial charge >= 0.3 is 12.4 Å². The van der Waals surface area contributed by atoms with E-state index in [0.717, 1.165) is 12.1 Å². The molecular formula is C20H9F7N4O. The minimum atomic E-state index is -4.79. The third kappa shape index (κ3) is 3.89. The van der Waals surface area contributed by atoms with E-state index in [-0.39, 0.29) is 34.7 Å². The molecule has 0 radical (unpaired) electrons. The fourth-order valence-corrected chi connectivity index (χ4v) is 3.25. The molecule has 2 aromatic heterocycles. The van der Waals surface area contributed by atoms with Crippen LogP contribution in [0.2, 0.25) is 0 Å². The smallest absolute Gasteiger partial charge is 0.340 e. The van der Waals surface area contributed by atoms with Crippen molar-refractivity contribution in [2.24, 2.45) is 0 Å². The molecule has 32 heavy (non-hydrogen) atoms. The predicted octanol–water partition coefficient (Wildman–Crippen LogP) is 6.47. The SMILES string of the molecule is [C-]#[N+]c1ccc2c(ccn2Cc2noc(-c3cc(F)cc(C(F)(F)F)c3)n2)c1C(F)(F)F. The van der Waals surface area contributed by atoms with Crippen LogP contribution < -0.4 is 0 Å². The number of halogens is 7. The number of benzene rings is 2. The Morgan fingerprint density at radius 1 is 1.00 bits per heavy atom. The number of alkyl halides is 6. The van der Waals surface area contributed by atoms with Crippen LogP contribution >= 0.6 is 0 Å². The third-order valence-electron chi connectivity index (χ3n) is 4.59. The lowest BCUT2D eigenvalue weighted by Crippen LogP contribution is -2.06. The molecule has 0 unspecified atom stereocenters. The van der Waals surface area contributed by atoms with Crippen molar-refractivity contribution in [3.63, 3.8) is 0 Å². The van der Waals surface area contributed by atoms with Crippen LogP contribution in [0.4, 0.5) is 36.4 Å². The average molecular weight is 454 g/mol. The largest absolute Gasteiger partial charge is 0.416 e. The Bertz CT molecular complexity index is 1360. The van der Waals surface area contributed by atoms with Gasteiger partial charge in [0.05, 0.1) is 24.2 Å². The van der Waals surface area contributed by atoms with Gasteiger partial charge in [0.2, 0.25) is 0 Å². The highest BCUT2D eigenvalue weighted by Gasteiger charge is 2.36. The molecule has 0 fully saturated rings. The van der Waals surface area contributed by atoms with Crippen LogP contribution in [0.1, 0.15) is 17.0 Å². The van der Waals surface area contributed by atoms with Crippen molar-refractivity contribution in [1.29, 1.82) is 0 Å². The summed E-state index contributed by atoms with van der Waals surface area (Å²) in [4.78, 5) is 6.85. The Balaban J connectivity index is 1.70. The first-order valence-electron chi connectivity index (χ1n) is 8.74. The maximum atomic E-state index is 13.6. The minimum absolute atomic E-state index is 0.0573. The number of fused-ring (bicyclic) bond motifs is 1. The topological polar surface area (TPSA) is 48.2 Å². The maximum Gasteiger partial charge on any atom is 0.416 e. The van der Waals surface area contributed by atoms with Crippen molar-refractivity contribution in [1.82, 2.24) is 14.7 Å². The van der Waals surface area contributed by atoms with Gasteiger partial charge in [0.15, 0.2) is 11.5 Å². The molecular weight excluding hydrogens is 445 g/mol. The van der Waals surface area contributed by atoms with Crippen LogP contribution in [0.25, 0.3) is 27.2 Å². The van der Waals surface area contributed by atoms with Gasteiger partial charge in [-0.05, 0) is 30.3 Å². The van der Waals surface area contributed by atoms with Gasteiger partial charge in [-0.3, -0.25) is 0 Å². The second-order valence-electron chi connectivity index (χ2n) is 6.69. The molecule has 0 saturated heterocycles. The van der Waals surface area contributed by atoms with Gasteiger partial charge in [-0.1, -0.05) is 11.2 Å². The number of hydrogen-bond acceptors (Lipinski definition) is 3. The molecule has 0 bridgehead atoms. The summed E-state index contributed by atoms with van der Waals surface area (Å²) in [5, 5.41) is 3.42. The Labute approximate surface area is 174 Å². The summed E-state index contributed by atoms with van der Waals surface area (Å²) < 4.78 is 98.9. The molecule has 0 saturated carbocycles. The van der Waals surface area contributed by atoms with E-state index in [1.807, 2.05) is 0 Å². The van der Waals surface area contributed by atoms with Gasteiger partial charge in [0.1, 0.15) is 5.82 Å². The molecule has 2 aromatic carbocycles.